The first-order valence-electron chi connectivity index (χ1n) is 7.46. The molecule has 0 aliphatic carbocycles. The van der Waals surface area contributed by atoms with Crippen molar-refractivity contribution in [3.8, 4) is 0 Å². The largest absolute Gasteiger partial charge is 0.376 e. The van der Waals surface area contributed by atoms with E-state index in [2.05, 4.69) is 11.8 Å². The summed E-state index contributed by atoms with van der Waals surface area (Å²) < 4.78 is 5.58. The molecule has 1 amide bonds. The molecule has 126 valence electrons. The number of hydrogen-bond acceptors (Lipinski definition) is 4. The van der Waals surface area contributed by atoms with Gasteiger partial charge in [0.15, 0.2) is 0 Å². The number of piperidine rings is 1. The summed E-state index contributed by atoms with van der Waals surface area (Å²) in [5.41, 5.74) is 5.57. The Hall–Kier alpha value is -0.0700. The minimum absolute atomic E-state index is 0. The molecule has 2 unspecified atom stereocenters. The molecule has 2 fully saturated rings. The van der Waals surface area contributed by atoms with Gasteiger partial charge in [0, 0.05) is 44.7 Å². The highest BCUT2D eigenvalue weighted by Crippen LogP contribution is 2.20. The average Bonchev–Trinajstić information content (AvgIpc) is 2.46. The number of carbonyl (C=O) groups excluding carboxylic acids is 1. The number of morpholine rings is 1. The van der Waals surface area contributed by atoms with Crippen molar-refractivity contribution in [2.75, 3.05) is 39.3 Å². The highest BCUT2D eigenvalue weighted by Gasteiger charge is 2.30. The lowest BCUT2D eigenvalue weighted by atomic mass is 10.0. The van der Waals surface area contributed by atoms with E-state index in [9.17, 15) is 4.79 Å². The van der Waals surface area contributed by atoms with E-state index >= 15 is 0 Å². The zero-order chi connectivity index (χ0) is 13.8. The molecule has 7 heteroatoms. The van der Waals surface area contributed by atoms with E-state index in [1.165, 1.54) is 0 Å². The topological polar surface area (TPSA) is 58.8 Å². The van der Waals surface area contributed by atoms with E-state index in [-0.39, 0.29) is 36.6 Å². The van der Waals surface area contributed by atoms with Gasteiger partial charge in [-0.15, -0.1) is 24.8 Å². The summed E-state index contributed by atoms with van der Waals surface area (Å²) in [6.07, 6.45) is 2.50. The monoisotopic (exact) mass is 341 g/mol. The molecule has 0 radical (unpaired) electrons. The lowest BCUT2D eigenvalue weighted by Crippen LogP contribution is -2.52. The van der Waals surface area contributed by atoms with Crippen molar-refractivity contribution in [2.45, 2.75) is 38.8 Å². The lowest BCUT2D eigenvalue weighted by Gasteiger charge is -2.42. The minimum Gasteiger partial charge on any atom is -0.376 e. The van der Waals surface area contributed by atoms with Gasteiger partial charge >= 0.3 is 0 Å². The summed E-state index contributed by atoms with van der Waals surface area (Å²) in [5, 5.41) is 0. The quantitative estimate of drug-likeness (QED) is 0.836. The van der Waals surface area contributed by atoms with Crippen LogP contribution in [0, 0.1) is 5.92 Å². The molecule has 0 aromatic carbocycles. The normalized spacial score (nSPS) is 25.7. The average molecular weight is 342 g/mol. The van der Waals surface area contributed by atoms with Gasteiger partial charge in [0.2, 0.25) is 5.91 Å². The van der Waals surface area contributed by atoms with Crippen molar-refractivity contribution in [3.05, 3.63) is 0 Å². The Morgan fingerprint density at radius 2 is 1.90 bits per heavy atom. The molecule has 2 atom stereocenters. The zero-order valence-electron chi connectivity index (χ0n) is 13.0. The molecule has 2 aliphatic rings. The van der Waals surface area contributed by atoms with Crippen molar-refractivity contribution in [2.24, 2.45) is 11.7 Å². The van der Waals surface area contributed by atoms with E-state index in [4.69, 9.17) is 10.5 Å². The summed E-state index contributed by atoms with van der Waals surface area (Å²) in [5.74, 6) is 0.177. The van der Waals surface area contributed by atoms with Crippen molar-refractivity contribution < 1.29 is 9.53 Å². The summed E-state index contributed by atoms with van der Waals surface area (Å²) in [6.45, 7) is 9.13. The van der Waals surface area contributed by atoms with E-state index in [0.717, 1.165) is 45.6 Å². The van der Waals surface area contributed by atoms with E-state index < -0.39 is 0 Å². The first-order chi connectivity index (χ1) is 9.11. The van der Waals surface area contributed by atoms with Crippen LogP contribution in [0.2, 0.25) is 0 Å². The molecule has 2 rings (SSSR count). The number of amides is 1. The number of hydrogen-bond donors (Lipinski definition) is 1. The third-order valence-electron chi connectivity index (χ3n) is 4.34. The number of rotatable bonds is 3. The summed E-state index contributed by atoms with van der Waals surface area (Å²) in [4.78, 5) is 16.6. The van der Waals surface area contributed by atoms with Crippen LogP contribution in [0.3, 0.4) is 0 Å². The van der Waals surface area contributed by atoms with E-state index in [1.807, 2.05) is 11.8 Å². The molecule has 2 aliphatic heterocycles. The van der Waals surface area contributed by atoms with Gasteiger partial charge in [0.1, 0.15) is 0 Å². The third-order valence-corrected chi connectivity index (χ3v) is 4.34. The van der Waals surface area contributed by atoms with Crippen LogP contribution < -0.4 is 5.73 Å². The molecule has 5 nitrogen and oxygen atoms in total. The molecule has 0 aromatic heterocycles. The maximum atomic E-state index is 12.1. The minimum atomic E-state index is -0.0417. The molecule has 21 heavy (non-hydrogen) atoms. The van der Waals surface area contributed by atoms with Crippen LogP contribution in [-0.4, -0.2) is 67.2 Å². The van der Waals surface area contributed by atoms with Crippen LogP contribution >= 0.6 is 24.8 Å². The summed E-state index contributed by atoms with van der Waals surface area (Å²) in [6, 6.07) is 0.614. The summed E-state index contributed by atoms with van der Waals surface area (Å²) >= 11 is 0. The molecule has 2 N–H and O–H groups in total. The Morgan fingerprint density at radius 1 is 1.29 bits per heavy atom. The second kappa shape index (κ2) is 9.85. The maximum absolute atomic E-state index is 12.1. The van der Waals surface area contributed by atoms with Crippen molar-refractivity contribution >= 4 is 30.7 Å². The van der Waals surface area contributed by atoms with Crippen LogP contribution in [0.1, 0.15) is 26.7 Å². The fourth-order valence-electron chi connectivity index (χ4n) is 3.04. The van der Waals surface area contributed by atoms with Crippen molar-refractivity contribution in [1.29, 1.82) is 0 Å². The van der Waals surface area contributed by atoms with Gasteiger partial charge in [-0.2, -0.15) is 0 Å². The Kier molecular flexibility index (Phi) is 9.81. The molecular weight excluding hydrogens is 313 g/mol. The first-order valence-corrected chi connectivity index (χ1v) is 7.46. The maximum Gasteiger partial charge on any atom is 0.226 e. The number of ether oxygens (including phenoxy) is 1. The highest BCUT2D eigenvalue weighted by molar-refractivity contribution is 5.85. The van der Waals surface area contributed by atoms with Crippen LogP contribution in [0.4, 0.5) is 0 Å². The SMILES string of the molecule is CC1CN(C2CCN(C(=O)C(C)CN)CC2)CCO1.Cl.Cl. The lowest BCUT2D eigenvalue weighted by molar-refractivity contribution is -0.136. The Balaban J connectivity index is 0.00000200. The Morgan fingerprint density at radius 3 is 2.43 bits per heavy atom. The smallest absolute Gasteiger partial charge is 0.226 e. The Labute approximate surface area is 140 Å². The predicted molar refractivity (Wildman–Crippen MR) is 89.3 cm³/mol. The zero-order valence-corrected chi connectivity index (χ0v) is 14.6. The van der Waals surface area contributed by atoms with Gasteiger partial charge < -0.3 is 15.4 Å². The summed E-state index contributed by atoms with van der Waals surface area (Å²) in [7, 11) is 0. The van der Waals surface area contributed by atoms with Gasteiger partial charge in [-0.3, -0.25) is 9.69 Å². The first kappa shape index (κ1) is 20.9. The van der Waals surface area contributed by atoms with E-state index in [0.29, 0.717) is 18.7 Å². The molecular formula is C14H29Cl2N3O2. The molecule has 0 aromatic rings. The third kappa shape index (κ3) is 5.57. The fraction of sp³-hybridized carbons (Fsp3) is 0.929. The van der Waals surface area contributed by atoms with Gasteiger partial charge in [-0.05, 0) is 19.8 Å². The predicted octanol–water partition coefficient (Wildman–Crippen LogP) is 1.14. The van der Waals surface area contributed by atoms with Crippen LogP contribution in [-0.2, 0) is 9.53 Å². The number of carbonyl (C=O) groups is 1. The van der Waals surface area contributed by atoms with Crippen LogP contribution in [0.5, 0.6) is 0 Å². The van der Waals surface area contributed by atoms with E-state index in [1.54, 1.807) is 0 Å². The molecule has 0 saturated carbocycles. The Bertz CT molecular complexity index is 313. The van der Waals surface area contributed by atoms with Crippen LogP contribution in [0.15, 0.2) is 0 Å². The number of nitrogens with two attached hydrogens (primary N) is 1. The second-order valence-electron chi connectivity index (χ2n) is 5.87. The standard InChI is InChI=1S/C14H27N3O2.2ClH/c1-11(9-15)14(18)16-5-3-13(4-6-16)17-7-8-19-12(2)10-17;;/h11-13H,3-10,15H2,1-2H3;2*1H. The van der Waals surface area contributed by atoms with Crippen molar-refractivity contribution in [1.82, 2.24) is 9.80 Å². The van der Waals surface area contributed by atoms with Gasteiger partial charge in [-0.1, -0.05) is 6.92 Å². The van der Waals surface area contributed by atoms with Crippen molar-refractivity contribution in [3.63, 3.8) is 0 Å². The molecule has 0 spiro atoms. The van der Waals surface area contributed by atoms with Gasteiger partial charge in [0.05, 0.1) is 12.7 Å². The van der Waals surface area contributed by atoms with Gasteiger partial charge in [-0.25, -0.2) is 0 Å². The number of likely N-dealkylation sites (tertiary alicyclic amines) is 1. The second-order valence-corrected chi connectivity index (χ2v) is 5.87. The number of halogens is 2. The molecule has 0 bridgehead atoms. The number of nitrogens with zero attached hydrogens (tertiary/aromatic N) is 2. The van der Waals surface area contributed by atoms with Gasteiger partial charge in [0.25, 0.3) is 0 Å². The molecule has 2 heterocycles. The fourth-order valence-corrected chi connectivity index (χ4v) is 3.04. The molecule has 2 saturated heterocycles. The highest BCUT2D eigenvalue weighted by atomic mass is 35.5. The van der Waals surface area contributed by atoms with Crippen LogP contribution in [0.25, 0.3) is 0 Å².